The van der Waals surface area contributed by atoms with Gasteiger partial charge in [0, 0.05) is 28.9 Å². The molecule has 7 nitrogen and oxygen atoms in total. The van der Waals surface area contributed by atoms with Crippen molar-refractivity contribution in [1.82, 2.24) is 15.1 Å². The van der Waals surface area contributed by atoms with Crippen LogP contribution < -0.4 is 5.32 Å². The molecule has 10 heteroatoms. The van der Waals surface area contributed by atoms with Crippen molar-refractivity contribution in [3.05, 3.63) is 54.1 Å². The second kappa shape index (κ2) is 9.33. The number of fused-ring (bicyclic) bond motifs is 1. The summed E-state index contributed by atoms with van der Waals surface area (Å²) >= 11 is 0. The zero-order valence-electron chi connectivity index (χ0n) is 19.6. The van der Waals surface area contributed by atoms with Gasteiger partial charge in [-0.05, 0) is 39.3 Å². The smallest absolute Gasteiger partial charge is 0.416 e. The fourth-order valence-electron chi connectivity index (χ4n) is 4.17. The van der Waals surface area contributed by atoms with E-state index in [4.69, 9.17) is 4.74 Å². The minimum Gasteiger partial charge on any atom is -0.444 e. The number of alkyl halides is 3. The molecule has 4 rings (SSSR count). The van der Waals surface area contributed by atoms with Gasteiger partial charge in [-0.1, -0.05) is 36.4 Å². The number of amides is 1. The van der Waals surface area contributed by atoms with Crippen LogP contribution >= 0.6 is 0 Å². The highest BCUT2D eigenvalue weighted by atomic mass is 19.4. The Morgan fingerprint density at radius 2 is 1.74 bits per heavy atom. The summed E-state index contributed by atoms with van der Waals surface area (Å²) in [6.45, 7) is 5.47. The average molecular weight is 489 g/mol. The van der Waals surface area contributed by atoms with E-state index in [9.17, 15) is 23.1 Å². The van der Waals surface area contributed by atoms with Gasteiger partial charge in [0.25, 0.3) is 0 Å². The van der Waals surface area contributed by atoms with Crippen LogP contribution in [0.2, 0.25) is 0 Å². The van der Waals surface area contributed by atoms with Gasteiger partial charge in [0.05, 0.1) is 18.2 Å². The summed E-state index contributed by atoms with van der Waals surface area (Å²) in [6, 6.07) is 11.6. The highest BCUT2D eigenvalue weighted by molar-refractivity contribution is 6.00. The van der Waals surface area contributed by atoms with E-state index in [-0.39, 0.29) is 12.6 Å². The molecule has 35 heavy (non-hydrogen) atoms. The minimum atomic E-state index is -4.42. The Labute approximate surface area is 200 Å². The third-order valence-electron chi connectivity index (χ3n) is 5.77. The third kappa shape index (κ3) is 5.48. The second-order valence-electron chi connectivity index (χ2n) is 9.56. The van der Waals surface area contributed by atoms with Crippen LogP contribution in [-0.4, -0.2) is 57.1 Å². The molecule has 1 saturated heterocycles. The summed E-state index contributed by atoms with van der Waals surface area (Å²) in [5.74, 6) is 0.490. The molecule has 2 aromatic carbocycles. The number of nitrogens with one attached hydrogen (secondary N) is 1. The number of hydrogen-bond acceptors (Lipinski definition) is 6. The van der Waals surface area contributed by atoms with Gasteiger partial charge in [0.2, 0.25) is 0 Å². The summed E-state index contributed by atoms with van der Waals surface area (Å²) in [5, 5.41) is 23.2. The van der Waals surface area contributed by atoms with E-state index in [1.165, 1.54) is 17.0 Å². The van der Waals surface area contributed by atoms with Crippen LogP contribution in [0.4, 0.5) is 23.8 Å². The van der Waals surface area contributed by atoms with Crippen LogP contribution in [0.25, 0.3) is 22.0 Å². The predicted molar refractivity (Wildman–Crippen MR) is 126 cm³/mol. The molecule has 186 valence electrons. The Morgan fingerprint density at radius 1 is 1.09 bits per heavy atom. The van der Waals surface area contributed by atoms with E-state index in [1.807, 2.05) is 24.3 Å². The standard InChI is InChI=1S/C25H27F3N4O3/c1-24(2,3)35-23(34)32-13-17(12-18(32)14-33)29-22-20-7-5-4-6-19(20)21(30-31-22)15-8-10-16(11-9-15)25(26,27)28/h4-11,17-18,33H,12-14H2,1-3H3,(H,29,31)/t17-,18+/m0/s1. The Bertz CT molecular complexity index is 1210. The first kappa shape index (κ1) is 24.7. The van der Waals surface area contributed by atoms with Gasteiger partial charge in [-0.2, -0.15) is 13.2 Å². The summed E-state index contributed by atoms with van der Waals surface area (Å²) < 4.78 is 44.3. The molecule has 1 fully saturated rings. The van der Waals surface area contributed by atoms with E-state index in [0.717, 1.165) is 22.9 Å². The molecule has 1 aliphatic heterocycles. The first-order valence-electron chi connectivity index (χ1n) is 11.3. The summed E-state index contributed by atoms with van der Waals surface area (Å²) in [4.78, 5) is 14.1. The fourth-order valence-corrected chi connectivity index (χ4v) is 4.17. The van der Waals surface area contributed by atoms with Crippen LogP contribution in [0.15, 0.2) is 48.5 Å². The lowest BCUT2D eigenvalue weighted by Crippen LogP contribution is -2.41. The monoisotopic (exact) mass is 488 g/mol. The zero-order chi connectivity index (χ0) is 25.4. The second-order valence-corrected chi connectivity index (χ2v) is 9.56. The van der Waals surface area contributed by atoms with Crippen molar-refractivity contribution in [2.45, 2.75) is 51.1 Å². The topological polar surface area (TPSA) is 87.6 Å². The molecule has 0 bridgehead atoms. The van der Waals surface area contributed by atoms with Crippen LogP contribution in [0.5, 0.6) is 0 Å². The normalized spacial score (nSPS) is 18.7. The molecule has 0 aliphatic carbocycles. The molecule has 2 atom stereocenters. The van der Waals surface area contributed by atoms with E-state index >= 15 is 0 Å². The highest BCUT2D eigenvalue weighted by Gasteiger charge is 2.37. The molecule has 2 heterocycles. The summed E-state index contributed by atoms with van der Waals surface area (Å²) in [5.41, 5.74) is -0.398. The number of nitrogens with zero attached hydrogens (tertiary/aromatic N) is 3. The van der Waals surface area contributed by atoms with Crippen molar-refractivity contribution in [2.75, 3.05) is 18.5 Å². The number of ether oxygens (including phenoxy) is 1. The van der Waals surface area contributed by atoms with Crippen LogP contribution in [0.1, 0.15) is 32.8 Å². The molecule has 0 spiro atoms. The molecule has 1 aromatic heterocycles. The summed E-state index contributed by atoms with van der Waals surface area (Å²) in [7, 11) is 0. The number of carbonyl (C=O) groups is 1. The van der Waals surface area contributed by atoms with E-state index in [2.05, 4.69) is 15.5 Å². The maximum absolute atomic E-state index is 12.9. The molecule has 1 amide bonds. The Balaban J connectivity index is 1.59. The first-order chi connectivity index (χ1) is 16.5. The number of benzene rings is 2. The van der Waals surface area contributed by atoms with Crippen LogP contribution in [0.3, 0.4) is 0 Å². The SMILES string of the molecule is CC(C)(C)OC(=O)N1C[C@@H](Nc2nnc(-c3ccc(C(F)(F)F)cc3)c3ccccc23)C[C@@H]1CO. The molecule has 0 saturated carbocycles. The van der Waals surface area contributed by atoms with Gasteiger partial charge in [-0.25, -0.2) is 4.79 Å². The van der Waals surface area contributed by atoms with E-state index in [1.54, 1.807) is 20.8 Å². The number of hydrogen-bond donors (Lipinski definition) is 2. The van der Waals surface area contributed by atoms with E-state index in [0.29, 0.717) is 30.0 Å². The summed E-state index contributed by atoms with van der Waals surface area (Å²) in [6.07, 6.45) is -4.41. The quantitative estimate of drug-likeness (QED) is 0.532. The lowest BCUT2D eigenvalue weighted by molar-refractivity contribution is -0.137. The molecular formula is C25H27F3N4O3. The van der Waals surface area contributed by atoms with Gasteiger partial charge in [-0.15, -0.1) is 10.2 Å². The number of likely N-dealkylation sites (tertiary alicyclic amines) is 1. The van der Waals surface area contributed by atoms with Gasteiger partial charge in [0.1, 0.15) is 11.3 Å². The Kier molecular flexibility index (Phi) is 6.59. The molecule has 0 unspecified atom stereocenters. The van der Waals surface area contributed by atoms with Crippen molar-refractivity contribution >= 4 is 22.7 Å². The van der Waals surface area contributed by atoms with Gasteiger partial charge in [-0.3, -0.25) is 0 Å². The minimum absolute atomic E-state index is 0.198. The molecule has 2 N–H and O–H groups in total. The Hall–Kier alpha value is -3.40. The molecule has 0 radical (unpaired) electrons. The largest absolute Gasteiger partial charge is 0.444 e. The first-order valence-corrected chi connectivity index (χ1v) is 11.3. The van der Waals surface area contributed by atoms with E-state index < -0.39 is 29.5 Å². The molecule has 3 aromatic rings. The zero-order valence-corrected chi connectivity index (χ0v) is 19.6. The van der Waals surface area contributed by atoms with Gasteiger partial charge < -0.3 is 20.1 Å². The number of aliphatic hydroxyl groups is 1. The van der Waals surface area contributed by atoms with Crippen LogP contribution in [0, 0.1) is 0 Å². The van der Waals surface area contributed by atoms with Gasteiger partial charge in [0.15, 0.2) is 5.82 Å². The number of aromatic nitrogens is 2. The highest BCUT2D eigenvalue weighted by Crippen LogP contribution is 2.34. The van der Waals surface area contributed by atoms with Crippen molar-refractivity contribution in [1.29, 1.82) is 0 Å². The van der Waals surface area contributed by atoms with Crippen molar-refractivity contribution in [3.63, 3.8) is 0 Å². The number of aliphatic hydroxyl groups excluding tert-OH is 1. The van der Waals surface area contributed by atoms with Crippen LogP contribution in [-0.2, 0) is 10.9 Å². The maximum atomic E-state index is 12.9. The number of carbonyl (C=O) groups excluding carboxylic acids is 1. The lowest BCUT2D eigenvalue weighted by atomic mass is 10.0. The molecule has 1 aliphatic rings. The predicted octanol–water partition coefficient (Wildman–Crippen LogP) is 5.10. The van der Waals surface area contributed by atoms with Crippen molar-refractivity contribution < 1.29 is 27.8 Å². The molecular weight excluding hydrogens is 461 g/mol. The van der Waals surface area contributed by atoms with Crippen molar-refractivity contribution in [3.8, 4) is 11.3 Å². The number of anilines is 1. The Morgan fingerprint density at radius 3 is 2.34 bits per heavy atom. The van der Waals surface area contributed by atoms with Gasteiger partial charge >= 0.3 is 12.3 Å². The number of halogens is 3. The lowest BCUT2D eigenvalue weighted by Gasteiger charge is -2.27. The van der Waals surface area contributed by atoms with Crippen molar-refractivity contribution in [2.24, 2.45) is 0 Å². The maximum Gasteiger partial charge on any atom is 0.416 e. The third-order valence-corrected chi connectivity index (χ3v) is 5.77. The average Bonchev–Trinajstić information content (AvgIpc) is 3.21. The number of rotatable bonds is 4. The fraction of sp³-hybridized carbons (Fsp3) is 0.400.